The predicted molar refractivity (Wildman–Crippen MR) is 168 cm³/mol. The first-order valence-electron chi connectivity index (χ1n) is 13.9. The van der Waals surface area contributed by atoms with E-state index in [9.17, 15) is 14.7 Å². The molecule has 1 fully saturated rings. The number of ketones is 1. The van der Waals surface area contributed by atoms with Crippen LogP contribution in [0.5, 0.6) is 11.5 Å². The molecular weight excluding hydrogens is 606 g/mol. The van der Waals surface area contributed by atoms with Crippen molar-refractivity contribution in [2.75, 3.05) is 11.5 Å². The molecule has 2 aliphatic heterocycles. The van der Waals surface area contributed by atoms with E-state index in [0.29, 0.717) is 45.0 Å². The van der Waals surface area contributed by atoms with Crippen LogP contribution in [0.2, 0.25) is 5.02 Å². The number of thioether (sulfide) groups is 1. The number of ether oxygens (including phenoxy) is 2. The molecule has 0 saturated carbocycles. The van der Waals surface area contributed by atoms with Gasteiger partial charge in [-0.15, -0.1) is 10.2 Å². The SMILES string of the molecule is CCCOc1cccc(C2C(=C(O)c3ccc4c(c3)CC(C)O4)C(=O)C(=O)N2c2nnc(SCc3ccccc3Cl)s2)c1. The van der Waals surface area contributed by atoms with E-state index in [1.165, 1.54) is 28.0 Å². The highest BCUT2D eigenvalue weighted by molar-refractivity contribution is 8.00. The Morgan fingerprint density at radius 3 is 2.79 bits per heavy atom. The summed E-state index contributed by atoms with van der Waals surface area (Å²) in [6.07, 6.45) is 1.53. The van der Waals surface area contributed by atoms with Crippen molar-refractivity contribution in [3.05, 3.63) is 99.6 Å². The van der Waals surface area contributed by atoms with E-state index in [-0.39, 0.29) is 22.6 Å². The Kier molecular flexibility index (Phi) is 8.43. The van der Waals surface area contributed by atoms with Crippen LogP contribution in [0.15, 0.2) is 76.6 Å². The Labute approximate surface area is 262 Å². The molecule has 43 heavy (non-hydrogen) atoms. The first-order valence-corrected chi connectivity index (χ1v) is 16.1. The minimum atomic E-state index is -0.942. The van der Waals surface area contributed by atoms with Crippen LogP contribution in [0, 0.1) is 0 Å². The molecule has 11 heteroatoms. The molecule has 220 valence electrons. The molecule has 1 aromatic heterocycles. The van der Waals surface area contributed by atoms with Crippen molar-refractivity contribution in [2.45, 2.75) is 48.9 Å². The number of aliphatic hydroxyl groups excluding tert-OH is 1. The number of hydrogen-bond donors (Lipinski definition) is 1. The van der Waals surface area contributed by atoms with Gasteiger partial charge >= 0.3 is 5.91 Å². The lowest BCUT2D eigenvalue weighted by Crippen LogP contribution is -2.29. The molecule has 1 saturated heterocycles. The van der Waals surface area contributed by atoms with Crippen molar-refractivity contribution in [2.24, 2.45) is 0 Å². The first kappa shape index (κ1) is 29.2. The van der Waals surface area contributed by atoms with E-state index in [2.05, 4.69) is 10.2 Å². The van der Waals surface area contributed by atoms with E-state index in [0.717, 1.165) is 23.3 Å². The molecule has 3 aromatic carbocycles. The maximum atomic E-state index is 13.7. The molecule has 0 radical (unpaired) electrons. The summed E-state index contributed by atoms with van der Waals surface area (Å²) in [7, 11) is 0. The Morgan fingerprint density at radius 2 is 1.98 bits per heavy atom. The molecule has 2 aliphatic rings. The lowest BCUT2D eigenvalue weighted by molar-refractivity contribution is -0.132. The van der Waals surface area contributed by atoms with Crippen molar-refractivity contribution in [1.82, 2.24) is 10.2 Å². The molecule has 2 atom stereocenters. The van der Waals surface area contributed by atoms with Gasteiger partial charge in [0.05, 0.1) is 18.2 Å². The molecule has 0 aliphatic carbocycles. The predicted octanol–water partition coefficient (Wildman–Crippen LogP) is 7.22. The van der Waals surface area contributed by atoms with Gasteiger partial charge < -0.3 is 14.6 Å². The number of rotatable bonds is 9. The normalized spacial score (nSPS) is 19.0. The number of amides is 1. The van der Waals surface area contributed by atoms with E-state index < -0.39 is 17.7 Å². The Bertz CT molecular complexity index is 1740. The summed E-state index contributed by atoms with van der Waals surface area (Å²) >= 11 is 8.96. The third kappa shape index (κ3) is 5.87. The zero-order valence-corrected chi connectivity index (χ0v) is 25.8. The molecule has 2 unspecified atom stereocenters. The fraction of sp³-hybridized carbons (Fsp3) is 0.250. The third-order valence-corrected chi connectivity index (χ3v) is 9.64. The zero-order chi connectivity index (χ0) is 30.1. The maximum Gasteiger partial charge on any atom is 0.301 e. The van der Waals surface area contributed by atoms with Crippen molar-refractivity contribution < 1.29 is 24.2 Å². The Balaban J connectivity index is 1.40. The number of fused-ring (bicyclic) bond motifs is 1. The van der Waals surface area contributed by atoms with E-state index in [1.807, 2.05) is 56.3 Å². The van der Waals surface area contributed by atoms with Gasteiger partial charge in [-0.3, -0.25) is 14.5 Å². The second-order valence-electron chi connectivity index (χ2n) is 10.3. The van der Waals surface area contributed by atoms with Crippen LogP contribution >= 0.6 is 34.7 Å². The molecule has 1 amide bonds. The number of carbonyl (C=O) groups excluding carboxylic acids is 2. The number of carbonyl (C=O) groups is 2. The molecule has 1 N–H and O–H groups in total. The minimum absolute atomic E-state index is 0.0196. The fourth-order valence-corrected chi connectivity index (χ4v) is 7.33. The highest BCUT2D eigenvalue weighted by atomic mass is 35.5. The molecule has 6 rings (SSSR count). The Morgan fingerprint density at radius 1 is 1.14 bits per heavy atom. The van der Waals surface area contributed by atoms with Crippen molar-refractivity contribution in [1.29, 1.82) is 0 Å². The summed E-state index contributed by atoms with van der Waals surface area (Å²) in [5.41, 5.74) is 2.90. The number of Topliss-reactive ketones (excluding diaryl/α,β-unsaturated/α-hetero) is 1. The van der Waals surface area contributed by atoms with Crippen LogP contribution < -0.4 is 14.4 Å². The van der Waals surface area contributed by atoms with Gasteiger partial charge in [-0.1, -0.05) is 72.0 Å². The number of nitrogens with zero attached hydrogens (tertiary/aromatic N) is 3. The molecule has 4 aromatic rings. The van der Waals surface area contributed by atoms with Crippen LogP contribution in [0.4, 0.5) is 5.13 Å². The van der Waals surface area contributed by atoms with Crippen LogP contribution in [0.3, 0.4) is 0 Å². The second kappa shape index (κ2) is 12.4. The summed E-state index contributed by atoms with van der Waals surface area (Å²) in [6, 6.07) is 19.1. The average molecular weight is 634 g/mol. The van der Waals surface area contributed by atoms with Gasteiger partial charge in [0, 0.05) is 22.8 Å². The quantitative estimate of drug-likeness (QED) is 0.0678. The third-order valence-electron chi connectivity index (χ3n) is 7.17. The topological polar surface area (TPSA) is 102 Å². The van der Waals surface area contributed by atoms with E-state index in [1.54, 1.807) is 24.3 Å². The zero-order valence-electron chi connectivity index (χ0n) is 23.5. The highest BCUT2D eigenvalue weighted by Crippen LogP contribution is 2.45. The van der Waals surface area contributed by atoms with Crippen LogP contribution in [-0.2, 0) is 21.8 Å². The number of halogens is 1. The molecule has 8 nitrogen and oxygen atoms in total. The summed E-state index contributed by atoms with van der Waals surface area (Å²) < 4.78 is 12.3. The van der Waals surface area contributed by atoms with E-state index >= 15 is 0 Å². The number of anilines is 1. The number of aliphatic hydroxyl groups is 1. The standard InChI is InChI=1S/C32H28ClN3O5S2/c1-3-13-40-23-9-6-8-19(16-23)27-26(28(37)20-11-12-25-22(15-20)14-18(2)41-25)29(38)30(39)36(27)31-34-35-32(43-31)42-17-21-7-4-5-10-24(21)33/h4-12,15-16,18,27,37H,3,13-14,17H2,1-2H3. The summed E-state index contributed by atoms with van der Waals surface area (Å²) in [5, 5.41) is 21.1. The number of hydrogen-bond acceptors (Lipinski definition) is 9. The average Bonchev–Trinajstić information content (AvgIpc) is 3.70. The van der Waals surface area contributed by atoms with Gasteiger partial charge in [0.2, 0.25) is 5.13 Å². The summed E-state index contributed by atoms with van der Waals surface area (Å²) in [5.74, 6) is 0.0650. The molecule has 0 bridgehead atoms. The summed E-state index contributed by atoms with van der Waals surface area (Å²) in [4.78, 5) is 28.6. The smallest absolute Gasteiger partial charge is 0.301 e. The van der Waals surface area contributed by atoms with Gasteiger partial charge in [0.25, 0.3) is 5.78 Å². The largest absolute Gasteiger partial charge is 0.507 e. The van der Waals surface area contributed by atoms with Gasteiger partial charge in [-0.05, 0) is 66.4 Å². The molecule has 0 spiro atoms. The number of aromatic nitrogens is 2. The first-order chi connectivity index (χ1) is 20.8. The molecule has 3 heterocycles. The van der Waals surface area contributed by atoms with Gasteiger partial charge in [0.15, 0.2) is 4.34 Å². The van der Waals surface area contributed by atoms with Crippen LogP contribution in [-0.4, -0.2) is 39.7 Å². The highest BCUT2D eigenvalue weighted by Gasteiger charge is 2.48. The van der Waals surface area contributed by atoms with Crippen LogP contribution in [0.25, 0.3) is 5.76 Å². The lowest BCUT2D eigenvalue weighted by Gasteiger charge is -2.23. The minimum Gasteiger partial charge on any atom is -0.507 e. The fourth-order valence-electron chi connectivity index (χ4n) is 5.18. The number of benzene rings is 3. The van der Waals surface area contributed by atoms with Gasteiger partial charge in [-0.25, -0.2) is 0 Å². The van der Waals surface area contributed by atoms with Crippen LogP contribution in [0.1, 0.15) is 48.6 Å². The Hall–Kier alpha value is -3.86. The van der Waals surface area contributed by atoms with Crippen molar-refractivity contribution >= 4 is 57.3 Å². The summed E-state index contributed by atoms with van der Waals surface area (Å²) in [6.45, 7) is 4.50. The van der Waals surface area contributed by atoms with Gasteiger partial charge in [0.1, 0.15) is 23.4 Å². The van der Waals surface area contributed by atoms with Gasteiger partial charge in [-0.2, -0.15) is 0 Å². The van der Waals surface area contributed by atoms with Crippen molar-refractivity contribution in [3.63, 3.8) is 0 Å². The molecular formula is C32H28ClN3O5S2. The van der Waals surface area contributed by atoms with Crippen molar-refractivity contribution in [3.8, 4) is 11.5 Å². The van der Waals surface area contributed by atoms with E-state index in [4.69, 9.17) is 21.1 Å². The monoisotopic (exact) mass is 633 g/mol. The lowest BCUT2D eigenvalue weighted by atomic mass is 9.94. The maximum absolute atomic E-state index is 13.7. The second-order valence-corrected chi connectivity index (χ2v) is 12.9.